The maximum absolute atomic E-state index is 13.2. The van der Waals surface area contributed by atoms with Crippen molar-refractivity contribution < 1.29 is 8.81 Å². The van der Waals surface area contributed by atoms with Gasteiger partial charge in [0.1, 0.15) is 17.4 Å². The van der Waals surface area contributed by atoms with Crippen LogP contribution in [0.2, 0.25) is 0 Å². The molecule has 5 nitrogen and oxygen atoms in total. The van der Waals surface area contributed by atoms with Gasteiger partial charge < -0.3 is 4.42 Å². The molecule has 6 heteroatoms. The molecule has 0 bridgehead atoms. The van der Waals surface area contributed by atoms with Gasteiger partial charge in [-0.1, -0.05) is 12.1 Å². The second-order valence-corrected chi connectivity index (χ2v) is 5.34. The van der Waals surface area contributed by atoms with E-state index >= 15 is 0 Å². The SMILES string of the molecule is Cc1cnc(CN(C)[C@H](c2ccc(F)cc2)c2ncccn2)o1. The number of hydrogen-bond donors (Lipinski definition) is 0. The van der Waals surface area contributed by atoms with E-state index < -0.39 is 0 Å². The van der Waals surface area contributed by atoms with Crippen molar-refractivity contribution in [3.63, 3.8) is 0 Å². The van der Waals surface area contributed by atoms with Gasteiger partial charge in [0.2, 0.25) is 5.89 Å². The van der Waals surface area contributed by atoms with E-state index in [-0.39, 0.29) is 11.9 Å². The van der Waals surface area contributed by atoms with Gasteiger partial charge in [0.25, 0.3) is 0 Å². The third-order valence-corrected chi connectivity index (χ3v) is 3.51. The van der Waals surface area contributed by atoms with Crippen molar-refractivity contribution >= 4 is 0 Å². The van der Waals surface area contributed by atoms with Gasteiger partial charge in [0.15, 0.2) is 0 Å². The van der Waals surface area contributed by atoms with Crippen molar-refractivity contribution in [3.05, 3.63) is 77.8 Å². The molecule has 0 aliphatic heterocycles. The summed E-state index contributed by atoms with van der Waals surface area (Å²) in [5.74, 6) is 1.76. The lowest BCUT2D eigenvalue weighted by Gasteiger charge is -2.26. The number of aromatic nitrogens is 3. The van der Waals surface area contributed by atoms with Crippen LogP contribution >= 0.6 is 0 Å². The van der Waals surface area contributed by atoms with E-state index in [4.69, 9.17) is 4.42 Å². The zero-order valence-corrected chi connectivity index (χ0v) is 13.0. The second kappa shape index (κ2) is 6.66. The summed E-state index contributed by atoms with van der Waals surface area (Å²) in [7, 11) is 1.93. The van der Waals surface area contributed by atoms with Crippen molar-refractivity contribution in [2.24, 2.45) is 0 Å². The highest BCUT2D eigenvalue weighted by atomic mass is 19.1. The normalized spacial score (nSPS) is 12.5. The number of hydrogen-bond acceptors (Lipinski definition) is 5. The molecular formula is C17H17FN4O. The molecule has 118 valence electrons. The molecule has 2 heterocycles. The highest BCUT2D eigenvalue weighted by Crippen LogP contribution is 2.26. The second-order valence-electron chi connectivity index (χ2n) is 5.34. The van der Waals surface area contributed by atoms with Crippen molar-refractivity contribution in [3.8, 4) is 0 Å². The Bertz CT molecular complexity index is 758. The number of oxazole rings is 1. The van der Waals surface area contributed by atoms with E-state index in [1.54, 1.807) is 36.8 Å². The first-order chi connectivity index (χ1) is 11.1. The summed E-state index contributed by atoms with van der Waals surface area (Å²) in [6.45, 7) is 2.35. The van der Waals surface area contributed by atoms with Gasteiger partial charge in [0.05, 0.1) is 18.8 Å². The zero-order valence-electron chi connectivity index (χ0n) is 13.0. The standard InChI is InChI=1S/C17H17FN4O/c1-12-10-21-15(23-12)11-22(2)16(17-19-8-3-9-20-17)13-4-6-14(18)7-5-13/h3-10,16H,11H2,1-2H3/t16-/m1/s1. The molecule has 0 radical (unpaired) electrons. The lowest BCUT2D eigenvalue weighted by Crippen LogP contribution is -2.27. The molecule has 0 spiro atoms. The van der Waals surface area contributed by atoms with Gasteiger partial charge in [-0.2, -0.15) is 0 Å². The molecule has 1 aromatic carbocycles. The van der Waals surface area contributed by atoms with Crippen LogP contribution < -0.4 is 0 Å². The summed E-state index contributed by atoms with van der Waals surface area (Å²) >= 11 is 0. The average molecular weight is 312 g/mol. The van der Waals surface area contributed by atoms with Gasteiger partial charge in [-0.25, -0.2) is 19.3 Å². The Morgan fingerprint density at radius 3 is 2.43 bits per heavy atom. The largest absolute Gasteiger partial charge is 0.445 e. The molecule has 3 rings (SSSR count). The van der Waals surface area contributed by atoms with E-state index in [0.717, 1.165) is 11.3 Å². The number of rotatable bonds is 5. The lowest BCUT2D eigenvalue weighted by atomic mass is 10.0. The first-order valence-electron chi connectivity index (χ1n) is 7.27. The molecule has 0 aliphatic carbocycles. The molecule has 0 unspecified atom stereocenters. The highest BCUT2D eigenvalue weighted by molar-refractivity contribution is 5.25. The van der Waals surface area contributed by atoms with E-state index in [2.05, 4.69) is 15.0 Å². The minimum Gasteiger partial charge on any atom is -0.445 e. The fraction of sp³-hybridized carbons (Fsp3) is 0.235. The maximum Gasteiger partial charge on any atom is 0.208 e. The van der Waals surface area contributed by atoms with Crippen LogP contribution in [0.15, 0.2) is 53.3 Å². The summed E-state index contributed by atoms with van der Waals surface area (Å²) in [6, 6.07) is 7.91. The third-order valence-electron chi connectivity index (χ3n) is 3.51. The van der Waals surface area contributed by atoms with Crippen molar-refractivity contribution in [2.45, 2.75) is 19.5 Å². The predicted molar refractivity (Wildman–Crippen MR) is 83.0 cm³/mol. The van der Waals surface area contributed by atoms with E-state index in [1.807, 2.05) is 18.9 Å². The molecule has 0 N–H and O–H groups in total. The highest BCUT2D eigenvalue weighted by Gasteiger charge is 2.23. The van der Waals surface area contributed by atoms with Crippen molar-refractivity contribution in [1.82, 2.24) is 19.9 Å². The van der Waals surface area contributed by atoms with E-state index in [1.165, 1.54) is 12.1 Å². The summed E-state index contributed by atoms with van der Waals surface area (Å²) < 4.78 is 18.8. The number of aryl methyl sites for hydroxylation is 1. The smallest absolute Gasteiger partial charge is 0.208 e. The monoisotopic (exact) mass is 312 g/mol. The van der Waals surface area contributed by atoms with Gasteiger partial charge in [-0.05, 0) is 37.7 Å². The van der Waals surface area contributed by atoms with Crippen LogP contribution in [0, 0.1) is 12.7 Å². The van der Waals surface area contributed by atoms with Crippen molar-refractivity contribution in [1.29, 1.82) is 0 Å². The Hall–Kier alpha value is -2.60. The van der Waals surface area contributed by atoms with Crippen molar-refractivity contribution in [2.75, 3.05) is 7.05 Å². The summed E-state index contributed by atoms with van der Waals surface area (Å²) in [5.41, 5.74) is 0.906. The summed E-state index contributed by atoms with van der Waals surface area (Å²) in [5, 5.41) is 0. The van der Waals surface area contributed by atoms with Crippen LogP contribution in [0.5, 0.6) is 0 Å². The third kappa shape index (κ3) is 3.60. The summed E-state index contributed by atoms with van der Waals surface area (Å²) in [6.07, 6.45) is 5.08. The van der Waals surface area contributed by atoms with Gasteiger partial charge >= 0.3 is 0 Å². The fourth-order valence-electron chi connectivity index (χ4n) is 2.48. The Kier molecular flexibility index (Phi) is 4.43. The molecule has 0 saturated carbocycles. The molecular weight excluding hydrogens is 295 g/mol. The molecule has 23 heavy (non-hydrogen) atoms. The number of halogens is 1. The van der Waals surface area contributed by atoms with Crippen LogP contribution in [0.4, 0.5) is 4.39 Å². The predicted octanol–water partition coefficient (Wildman–Crippen LogP) is 3.13. The first kappa shape index (κ1) is 15.3. The minimum atomic E-state index is -0.271. The van der Waals surface area contributed by atoms with E-state index in [9.17, 15) is 4.39 Å². The molecule has 3 aromatic rings. The minimum absolute atomic E-state index is 0.219. The average Bonchev–Trinajstić information content (AvgIpc) is 2.95. The topological polar surface area (TPSA) is 55.1 Å². The Morgan fingerprint density at radius 1 is 1.13 bits per heavy atom. The van der Waals surface area contributed by atoms with Crippen LogP contribution in [-0.2, 0) is 6.54 Å². The lowest BCUT2D eigenvalue weighted by molar-refractivity contribution is 0.233. The van der Waals surface area contributed by atoms with Gasteiger partial charge in [0, 0.05) is 12.4 Å². The molecule has 0 fully saturated rings. The number of benzene rings is 1. The molecule has 1 atom stereocenters. The molecule has 0 amide bonds. The number of nitrogens with zero attached hydrogens (tertiary/aromatic N) is 4. The molecule has 0 saturated heterocycles. The Balaban J connectivity index is 1.92. The molecule has 2 aromatic heterocycles. The van der Waals surface area contributed by atoms with Crippen LogP contribution in [0.25, 0.3) is 0 Å². The fourth-order valence-corrected chi connectivity index (χ4v) is 2.48. The first-order valence-corrected chi connectivity index (χ1v) is 7.27. The Labute approximate surface area is 133 Å². The maximum atomic E-state index is 13.2. The zero-order chi connectivity index (χ0) is 16.2. The Morgan fingerprint density at radius 2 is 1.83 bits per heavy atom. The van der Waals surface area contributed by atoms with Crippen LogP contribution in [0.3, 0.4) is 0 Å². The van der Waals surface area contributed by atoms with Gasteiger partial charge in [-0.15, -0.1) is 0 Å². The van der Waals surface area contributed by atoms with Gasteiger partial charge in [-0.3, -0.25) is 4.90 Å². The van der Waals surface area contributed by atoms with Crippen LogP contribution in [0.1, 0.15) is 29.1 Å². The van der Waals surface area contributed by atoms with Crippen LogP contribution in [-0.4, -0.2) is 26.9 Å². The molecule has 0 aliphatic rings. The quantitative estimate of drug-likeness (QED) is 0.724. The van der Waals surface area contributed by atoms with E-state index in [0.29, 0.717) is 18.3 Å². The summed E-state index contributed by atoms with van der Waals surface area (Å²) in [4.78, 5) is 14.9.